The molecule has 1 aliphatic carbocycles. The van der Waals surface area contributed by atoms with Gasteiger partial charge in [-0.2, -0.15) is 0 Å². The lowest BCUT2D eigenvalue weighted by Gasteiger charge is -2.30. The third-order valence-corrected chi connectivity index (χ3v) is 4.76. The number of allylic oxidation sites excluding steroid dienone is 1. The fourth-order valence-electron chi connectivity index (χ4n) is 2.41. The summed E-state index contributed by atoms with van der Waals surface area (Å²) in [5.41, 5.74) is 14.2. The molecule has 0 bridgehead atoms. The first-order valence-electron chi connectivity index (χ1n) is 6.49. The predicted octanol–water partition coefficient (Wildman–Crippen LogP) is 3.69. The lowest BCUT2D eigenvalue weighted by Crippen LogP contribution is -2.42. The van der Waals surface area contributed by atoms with Crippen LogP contribution in [0.4, 0.5) is 5.69 Å². The van der Waals surface area contributed by atoms with Crippen molar-refractivity contribution in [1.82, 2.24) is 0 Å². The van der Waals surface area contributed by atoms with Gasteiger partial charge in [0.25, 0.3) is 0 Å². The van der Waals surface area contributed by atoms with Crippen molar-refractivity contribution in [2.75, 3.05) is 19.0 Å². The second-order valence-corrected chi connectivity index (χ2v) is 7.30. The molecule has 6 heteroatoms. The van der Waals surface area contributed by atoms with Crippen molar-refractivity contribution in [1.29, 1.82) is 0 Å². The van der Waals surface area contributed by atoms with Crippen LogP contribution in [-0.4, -0.2) is 19.6 Å². The van der Waals surface area contributed by atoms with Gasteiger partial charge in [0.2, 0.25) is 0 Å². The molecule has 0 saturated carbocycles. The van der Waals surface area contributed by atoms with Crippen LogP contribution < -0.4 is 16.4 Å². The van der Waals surface area contributed by atoms with Crippen LogP contribution in [0.3, 0.4) is 0 Å². The third kappa shape index (κ3) is 3.75. The number of anilines is 1. The van der Waals surface area contributed by atoms with Crippen LogP contribution in [0.25, 0.3) is 0 Å². The highest BCUT2D eigenvalue weighted by Crippen LogP contribution is 2.35. The van der Waals surface area contributed by atoms with Gasteiger partial charge >= 0.3 is 0 Å². The van der Waals surface area contributed by atoms with E-state index in [-0.39, 0.29) is 0 Å². The molecule has 0 fully saturated rings. The standard InChI is InChI=1S/C15H18BrCl2N3/c1-21(2)13-4-3-9(5-10(13)16)6-15(20)7-11(17)14(19)12(18)8-15/h3-5,7H,6,8,19-20H2,1-2H3. The van der Waals surface area contributed by atoms with E-state index in [0.29, 0.717) is 28.6 Å². The van der Waals surface area contributed by atoms with Gasteiger partial charge in [-0.05, 0) is 46.1 Å². The van der Waals surface area contributed by atoms with Crippen LogP contribution >= 0.6 is 39.1 Å². The number of benzene rings is 1. The molecule has 0 aromatic heterocycles. The molecule has 1 aromatic rings. The largest absolute Gasteiger partial charge is 0.397 e. The van der Waals surface area contributed by atoms with Gasteiger partial charge in [-0.1, -0.05) is 29.3 Å². The van der Waals surface area contributed by atoms with Crippen LogP contribution in [0.5, 0.6) is 0 Å². The van der Waals surface area contributed by atoms with E-state index < -0.39 is 5.54 Å². The van der Waals surface area contributed by atoms with Gasteiger partial charge in [-0.3, -0.25) is 0 Å². The minimum Gasteiger partial charge on any atom is -0.397 e. The molecule has 0 spiro atoms. The zero-order valence-corrected chi connectivity index (χ0v) is 15.1. The Morgan fingerprint density at radius 1 is 1.33 bits per heavy atom. The summed E-state index contributed by atoms with van der Waals surface area (Å²) in [5.74, 6) is 0. The fraction of sp³-hybridized carbons (Fsp3) is 0.333. The monoisotopic (exact) mass is 389 g/mol. The smallest absolute Gasteiger partial charge is 0.0649 e. The second kappa shape index (κ2) is 6.21. The van der Waals surface area contributed by atoms with E-state index in [0.717, 1.165) is 15.7 Å². The lowest BCUT2D eigenvalue weighted by molar-refractivity contribution is 0.519. The van der Waals surface area contributed by atoms with Crippen molar-refractivity contribution in [2.24, 2.45) is 11.5 Å². The van der Waals surface area contributed by atoms with Crippen LogP contribution in [0.1, 0.15) is 12.0 Å². The van der Waals surface area contributed by atoms with Crippen molar-refractivity contribution < 1.29 is 0 Å². The van der Waals surface area contributed by atoms with Crippen LogP contribution in [-0.2, 0) is 6.42 Å². The molecule has 0 saturated heterocycles. The molecule has 1 aromatic carbocycles. The maximum Gasteiger partial charge on any atom is 0.0649 e. The van der Waals surface area contributed by atoms with E-state index in [1.54, 1.807) is 6.08 Å². The first-order chi connectivity index (χ1) is 9.72. The molecular weight excluding hydrogens is 373 g/mol. The second-order valence-electron chi connectivity index (χ2n) is 5.58. The molecule has 1 atom stereocenters. The highest BCUT2D eigenvalue weighted by molar-refractivity contribution is 9.10. The number of hydrogen-bond donors (Lipinski definition) is 2. The molecule has 0 heterocycles. The average molecular weight is 391 g/mol. The highest BCUT2D eigenvalue weighted by atomic mass is 79.9. The molecule has 1 unspecified atom stereocenters. The van der Waals surface area contributed by atoms with Gasteiger partial charge in [0, 0.05) is 35.6 Å². The first-order valence-corrected chi connectivity index (χ1v) is 8.04. The molecule has 21 heavy (non-hydrogen) atoms. The first kappa shape index (κ1) is 16.7. The van der Waals surface area contributed by atoms with Gasteiger partial charge in [0.05, 0.1) is 16.4 Å². The Balaban J connectivity index is 2.25. The molecule has 114 valence electrons. The molecule has 0 amide bonds. The minimum atomic E-state index is -0.615. The Labute approximate surface area is 143 Å². The summed E-state index contributed by atoms with van der Waals surface area (Å²) in [7, 11) is 4.00. The SMILES string of the molecule is CN(C)c1ccc(CC2(N)C=C(Cl)C(N)=C(Cl)C2)cc1Br. The zero-order chi connectivity index (χ0) is 15.8. The number of nitrogens with zero attached hydrogens (tertiary/aromatic N) is 1. The molecule has 2 rings (SSSR count). The van der Waals surface area contributed by atoms with E-state index in [9.17, 15) is 0 Å². The summed E-state index contributed by atoms with van der Waals surface area (Å²) in [6.45, 7) is 0. The Kier molecular flexibility index (Phi) is 4.93. The van der Waals surface area contributed by atoms with E-state index in [1.807, 2.05) is 19.0 Å². The summed E-state index contributed by atoms with van der Waals surface area (Å²) >= 11 is 15.8. The normalized spacial score (nSPS) is 22.3. The molecule has 0 radical (unpaired) electrons. The van der Waals surface area contributed by atoms with Crippen molar-refractivity contribution in [3.8, 4) is 0 Å². The van der Waals surface area contributed by atoms with Gasteiger partial charge in [0.1, 0.15) is 0 Å². The quantitative estimate of drug-likeness (QED) is 0.827. The number of nitrogens with two attached hydrogens (primary N) is 2. The highest BCUT2D eigenvalue weighted by Gasteiger charge is 2.30. The number of halogens is 3. The molecule has 0 aliphatic heterocycles. The minimum absolute atomic E-state index is 0.420. The van der Waals surface area contributed by atoms with Crippen LogP contribution in [0.15, 0.2) is 44.5 Å². The Hall–Kier alpha value is -0.680. The number of rotatable bonds is 3. The Morgan fingerprint density at radius 2 is 2.00 bits per heavy atom. The predicted molar refractivity (Wildman–Crippen MR) is 94.7 cm³/mol. The maximum absolute atomic E-state index is 6.42. The van der Waals surface area contributed by atoms with E-state index in [4.69, 9.17) is 34.7 Å². The molecule has 1 aliphatic rings. The van der Waals surface area contributed by atoms with Gasteiger partial charge < -0.3 is 16.4 Å². The Bertz CT molecular complexity index is 625. The fourth-order valence-corrected chi connectivity index (χ4v) is 3.92. The van der Waals surface area contributed by atoms with Gasteiger partial charge in [0.15, 0.2) is 0 Å². The summed E-state index contributed by atoms with van der Waals surface area (Å²) in [6, 6.07) is 6.19. The topological polar surface area (TPSA) is 55.3 Å². The summed E-state index contributed by atoms with van der Waals surface area (Å²) in [5, 5.41) is 0.951. The Morgan fingerprint density at radius 3 is 2.52 bits per heavy atom. The van der Waals surface area contributed by atoms with E-state index in [1.165, 1.54) is 0 Å². The van der Waals surface area contributed by atoms with Crippen molar-refractivity contribution in [3.05, 3.63) is 50.1 Å². The number of hydrogen-bond acceptors (Lipinski definition) is 3. The molecule has 3 nitrogen and oxygen atoms in total. The van der Waals surface area contributed by atoms with Crippen molar-refractivity contribution >= 4 is 44.8 Å². The van der Waals surface area contributed by atoms with Crippen molar-refractivity contribution in [2.45, 2.75) is 18.4 Å². The summed E-state index contributed by atoms with van der Waals surface area (Å²) in [6.07, 6.45) is 2.92. The average Bonchev–Trinajstić information content (AvgIpc) is 2.35. The molecular formula is C15H18BrCl2N3. The summed E-state index contributed by atoms with van der Waals surface area (Å²) in [4.78, 5) is 2.05. The summed E-state index contributed by atoms with van der Waals surface area (Å²) < 4.78 is 1.03. The lowest BCUT2D eigenvalue weighted by atomic mass is 9.85. The van der Waals surface area contributed by atoms with Crippen molar-refractivity contribution in [3.63, 3.8) is 0 Å². The van der Waals surface area contributed by atoms with E-state index in [2.05, 4.69) is 34.1 Å². The van der Waals surface area contributed by atoms with Crippen LogP contribution in [0, 0.1) is 0 Å². The van der Waals surface area contributed by atoms with Gasteiger partial charge in [-0.25, -0.2) is 0 Å². The maximum atomic E-state index is 6.42. The zero-order valence-electron chi connectivity index (χ0n) is 12.0. The molecule has 4 N–H and O–H groups in total. The van der Waals surface area contributed by atoms with Gasteiger partial charge in [-0.15, -0.1) is 0 Å². The van der Waals surface area contributed by atoms with Crippen LogP contribution in [0.2, 0.25) is 0 Å². The third-order valence-electron chi connectivity index (χ3n) is 3.48. The van der Waals surface area contributed by atoms with E-state index >= 15 is 0 Å².